The van der Waals surface area contributed by atoms with Gasteiger partial charge < -0.3 is 5.11 Å². The number of halogens is 1. The van der Waals surface area contributed by atoms with E-state index < -0.39 is 5.97 Å². The van der Waals surface area contributed by atoms with Gasteiger partial charge in [0.2, 0.25) is 0 Å². The molecule has 0 saturated heterocycles. The standard InChI is InChI=1S/C12H17BrN2O2/c1-9(2)6-15(8-12(16)17)7-11-4-3-10(13)5-14-11/h3-5,9H,6-8H2,1-2H3,(H,16,17). The average molecular weight is 301 g/mol. The molecule has 0 unspecified atom stereocenters. The number of carboxylic acids is 1. The highest BCUT2D eigenvalue weighted by Gasteiger charge is 2.12. The van der Waals surface area contributed by atoms with Gasteiger partial charge in [-0.25, -0.2) is 0 Å². The van der Waals surface area contributed by atoms with Gasteiger partial charge in [0.25, 0.3) is 0 Å². The molecule has 1 rings (SSSR count). The van der Waals surface area contributed by atoms with Crippen LogP contribution in [0.2, 0.25) is 0 Å². The van der Waals surface area contributed by atoms with Crippen LogP contribution in [0, 0.1) is 5.92 Å². The third-order valence-corrected chi connectivity index (χ3v) is 2.63. The second-order valence-electron chi connectivity index (χ2n) is 4.42. The van der Waals surface area contributed by atoms with E-state index in [9.17, 15) is 4.79 Å². The molecule has 0 atom stereocenters. The summed E-state index contributed by atoms with van der Waals surface area (Å²) in [7, 11) is 0. The Kier molecular flexibility index (Phi) is 5.58. The molecule has 0 aliphatic carbocycles. The van der Waals surface area contributed by atoms with Crippen molar-refractivity contribution in [1.82, 2.24) is 9.88 Å². The Labute approximate surface area is 110 Å². The van der Waals surface area contributed by atoms with Crippen LogP contribution < -0.4 is 0 Å². The number of rotatable bonds is 6. The fraction of sp³-hybridized carbons (Fsp3) is 0.500. The molecule has 1 heterocycles. The fourth-order valence-electron chi connectivity index (χ4n) is 1.62. The number of carboxylic acid groups (broad SMARTS) is 1. The van der Waals surface area contributed by atoms with Crippen molar-refractivity contribution >= 4 is 21.9 Å². The SMILES string of the molecule is CC(C)CN(CC(=O)O)Cc1ccc(Br)cn1. The molecule has 0 fully saturated rings. The van der Waals surface area contributed by atoms with Crippen molar-refractivity contribution in [3.63, 3.8) is 0 Å². The minimum atomic E-state index is -0.803. The summed E-state index contributed by atoms with van der Waals surface area (Å²) in [4.78, 5) is 16.9. The molecule has 94 valence electrons. The van der Waals surface area contributed by atoms with Gasteiger partial charge in [-0.1, -0.05) is 13.8 Å². The minimum Gasteiger partial charge on any atom is -0.480 e. The molecule has 5 heteroatoms. The largest absolute Gasteiger partial charge is 0.480 e. The summed E-state index contributed by atoms with van der Waals surface area (Å²) in [5.74, 6) is -0.368. The van der Waals surface area contributed by atoms with Gasteiger partial charge in [0.1, 0.15) is 0 Å². The van der Waals surface area contributed by atoms with Crippen LogP contribution in [0.15, 0.2) is 22.8 Å². The van der Waals surface area contributed by atoms with Gasteiger partial charge in [0.05, 0.1) is 12.2 Å². The molecule has 0 amide bonds. The highest BCUT2D eigenvalue weighted by molar-refractivity contribution is 9.10. The number of hydrogen-bond acceptors (Lipinski definition) is 3. The monoisotopic (exact) mass is 300 g/mol. The van der Waals surface area contributed by atoms with E-state index in [-0.39, 0.29) is 6.54 Å². The van der Waals surface area contributed by atoms with Gasteiger partial charge in [0, 0.05) is 23.8 Å². The average Bonchev–Trinajstić information content (AvgIpc) is 2.19. The zero-order valence-corrected chi connectivity index (χ0v) is 11.6. The maximum atomic E-state index is 10.8. The van der Waals surface area contributed by atoms with E-state index >= 15 is 0 Å². The van der Waals surface area contributed by atoms with Gasteiger partial charge in [-0.3, -0.25) is 14.7 Å². The van der Waals surface area contributed by atoms with Crippen molar-refractivity contribution < 1.29 is 9.90 Å². The van der Waals surface area contributed by atoms with Gasteiger partial charge in [-0.2, -0.15) is 0 Å². The summed E-state index contributed by atoms with van der Waals surface area (Å²) >= 11 is 3.32. The molecule has 0 aromatic carbocycles. The summed E-state index contributed by atoms with van der Waals surface area (Å²) in [5, 5.41) is 8.85. The van der Waals surface area contributed by atoms with Crippen LogP contribution in [0.5, 0.6) is 0 Å². The van der Waals surface area contributed by atoms with E-state index in [1.165, 1.54) is 0 Å². The maximum Gasteiger partial charge on any atom is 0.317 e. The number of pyridine rings is 1. The second-order valence-corrected chi connectivity index (χ2v) is 5.34. The van der Waals surface area contributed by atoms with E-state index in [4.69, 9.17) is 5.11 Å². The minimum absolute atomic E-state index is 0.0515. The molecule has 1 aromatic rings. The summed E-state index contributed by atoms with van der Waals surface area (Å²) in [5.41, 5.74) is 0.884. The van der Waals surface area contributed by atoms with Crippen LogP contribution in [0.4, 0.5) is 0 Å². The summed E-state index contributed by atoms with van der Waals surface area (Å²) in [6, 6.07) is 3.82. The van der Waals surface area contributed by atoms with Gasteiger partial charge >= 0.3 is 5.97 Å². The van der Waals surface area contributed by atoms with E-state index in [1.807, 2.05) is 17.0 Å². The normalized spacial score (nSPS) is 11.1. The number of hydrogen-bond donors (Lipinski definition) is 1. The molecule has 0 aliphatic heterocycles. The first-order valence-electron chi connectivity index (χ1n) is 5.52. The van der Waals surface area contributed by atoms with Crippen molar-refractivity contribution in [1.29, 1.82) is 0 Å². The zero-order valence-electron chi connectivity index (χ0n) is 10.1. The van der Waals surface area contributed by atoms with Gasteiger partial charge in [-0.05, 0) is 34.0 Å². The first-order valence-corrected chi connectivity index (χ1v) is 6.31. The molecular formula is C12H17BrN2O2. The molecule has 1 aromatic heterocycles. The second kappa shape index (κ2) is 6.71. The van der Waals surface area contributed by atoms with Crippen molar-refractivity contribution in [2.75, 3.05) is 13.1 Å². The zero-order chi connectivity index (χ0) is 12.8. The van der Waals surface area contributed by atoms with Crippen molar-refractivity contribution in [2.24, 2.45) is 5.92 Å². The molecule has 4 nitrogen and oxygen atoms in total. The van der Waals surface area contributed by atoms with Gasteiger partial charge in [0.15, 0.2) is 0 Å². The van der Waals surface area contributed by atoms with Crippen LogP contribution in [-0.4, -0.2) is 34.0 Å². The van der Waals surface area contributed by atoms with E-state index in [1.54, 1.807) is 6.20 Å². The molecular weight excluding hydrogens is 284 g/mol. The van der Waals surface area contributed by atoms with Crippen LogP contribution in [0.3, 0.4) is 0 Å². The van der Waals surface area contributed by atoms with Gasteiger partial charge in [-0.15, -0.1) is 0 Å². The lowest BCUT2D eigenvalue weighted by molar-refractivity contribution is -0.138. The Morgan fingerprint density at radius 3 is 2.71 bits per heavy atom. The summed E-state index contributed by atoms with van der Waals surface area (Å²) in [6.45, 7) is 5.52. The van der Waals surface area contributed by atoms with Crippen molar-refractivity contribution in [3.8, 4) is 0 Å². The molecule has 17 heavy (non-hydrogen) atoms. The molecule has 1 N–H and O–H groups in total. The third kappa shape index (κ3) is 5.79. The molecule has 0 spiro atoms. The van der Waals surface area contributed by atoms with Crippen LogP contribution >= 0.6 is 15.9 Å². The van der Waals surface area contributed by atoms with Crippen molar-refractivity contribution in [3.05, 3.63) is 28.5 Å². The van der Waals surface area contributed by atoms with E-state index in [0.29, 0.717) is 12.5 Å². The quantitative estimate of drug-likeness (QED) is 0.876. The number of aromatic nitrogens is 1. The van der Waals surface area contributed by atoms with Crippen LogP contribution in [0.25, 0.3) is 0 Å². The number of aliphatic carboxylic acids is 1. The Bertz CT molecular complexity index is 365. The third-order valence-electron chi connectivity index (χ3n) is 2.16. The Hall–Kier alpha value is -0.940. The predicted octanol–water partition coefficient (Wildman–Crippen LogP) is 2.39. The highest BCUT2D eigenvalue weighted by Crippen LogP contribution is 2.10. The Morgan fingerprint density at radius 2 is 2.24 bits per heavy atom. The maximum absolute atomic E-state index is 10.8. The molecule has 0 bridgehead atoms. The number of nitrogens with zero attached hydrogens (tertiary/aromatic N) is 2. The predicted molar refractivity (Wildman–Crippen MR) is 69.7 cm³/mol. The first kappa shape index (κ1) is 14.1. The summed E-state index contributed by atoms with van der Waals surface area (Å²) < 4.78 is 0.926. The smallest absolute Gasteiger partial charge is 0.317 e. The Morgan fingerprint density at radius 1 is 1.53 bits per heavy atom. The summed E-state index contributed by atoms with van der Waals surface area (Å²) in [6.07, 6.45) is 1.73. The molecule has 0 aliphatic rings. The lowest BCUT2D eigenvalue weighted by Crippen LogP contribution is -2.32. The van der Waals surface area contributed by atoms with E-state index in [0.717, 1.165) is 16.7 Å². The van der Waals surface area contributed by atoms with Crippen LogP contribution in [0.1, 0.15) is 19.5 Å². The Balaban J connectivity index is 2.64. The lowest BCUT2D eigenvalue weighted by atomic mass is 10.2. The lowest BCUT2D eigenvalue weighted by Gasteiger charge is -2.21. The molecule has 0 radical (unpaired) electrons. The van der Waals surface area contributed by atoms with Crippen molar-refractivity contribution in [2.45, 2.75) is 20.4 Å². The fourth-order valence-corrected chi connectivity index (χ4v) is 1.86. The molecule has 0 saturated carbocycles. The highest BCUT2D eigenvalue weighted by atomic mass is 79.9. The topological polar surface area (TPSA) is 53.4 Å². The van der Waals surface area contributed by atoms with E-state index in [2.05, 4.69) is 34.8 Å². The van der Waals surface area contributed by atoms with Crippen LogP contribution in [-0.2, 0) is 11.3 Å². The number of carbonyl (C=O) groups is 1. The first-order chi connectivity index (χ1) is 7.97.